The van der Waals surface area contributed by atoms with E-state index in [0.29, 0.717) is 12.3 Å². The van der Waals surface area contributed by atoms with Gasteiger partial charge in [-0.1, -0.05) is 18.2 Å². The van der Waals surface area contributed by atoms with Crippen LogP contribution < -0.4 is 10.1 Å². The number of aromatic amines is 1. The summed E-state index contributed by atoms with van der Waals surface area (Å²) < 4.78 is 5.11. The van der Waals surface area contributed by atoms with Gasteiger partial charge in [0.2, 0.25) is 0 Å². The van der Waals surface area contributed by atoms with Crippen LogP contribution >= 0.6 is 0 Å². The van der Waals surface area contributed by atoms with Gasteiger partial charge in [0.05, 0.1) is 5.69 Å². The third-order valence-corrected chi connectivity index (χ3v) is 2.64. The van der Waals surface area contributed by atoms with Crippen LogP contribution in [-0.2, 0) is 6.54 Å². The molecule has 1 amide bonds. The van der Waals surface area contributed by atoms with Crippen LogP contribution in [0.2, 0.25) is 0 Å². The van der Waals surface area contributed by atoms with Crippen LogP contribution in [0.1, 0.15) is 17.0 Å². The number of rotatable bonds is 3. The van der Waals surface area contributed by atoms with Crippen molar-refractivity contribution in [2.24, 2.45) is 0 Å². The highest BCUT2D eigenvalue weighted by atomic mass is 16.5. The van der Waals surface area contributed by atoms with Gasteiger partial charge in [0.25, 0.3) is 0 Å². The molecule has 0 atom stereocenters. The molecular formula is C13H15N3O2. The van der Waals surface area contributed by atoms with Crippen LogP contribution in [0.25, 0.3) is 0 Å². The van der Waals surface area contributed by atoms with E-state index in [1.54, 1.807) is 12.1 Å². The highest BCUT2D eigenvalue weighted by Crippen LogP contribution is 2.10. The molecule has 2 aromatic rings. The van der Waals surface area contributed by atoms with Crippen molar-refractivity contribution < 1.29 is 9.53 Å². The van der Waals surface area contributed by atoms with E-state index in [1.165, 1.54) is 0 Å². The maximum absolute atomic E-state index is 11.6. The maximum Gasteiger partial charge on any atom is 0.412 e. The third-order valence-electron chi connectivity index (χ3n) is 2.64. The molecule has 2 N–H and O–H groups in total. The molecule has 0 saturated heterocycles. The number of carbonyl (C=O) groups is 1. The zero-order valence-corrected chi connectivity index (χ0v) is 10.4. The summed E-state index contributed by atoms with van der Waals surface area (Å²) in [5, 5.41) is 9.62. The quantitative estimate of drug-likeness (QED) is 0.872. The van der Waals surface area contributed by atoms with Crippen molar-refractivity contribution in [2.75, 3.05) is 0 Å². The lowest BCUT2D eigenvalue weighted by atomic mass is 10.2. The molecule has 0 radical (unpaired) electrons. The van der Waals surface area contributed by atoms with Crippen LogP contribution in [0.5, 0.6) is 5.75 Å². The highest BCUT2D eigenvalue weighted by molar-refractivity contribution is 5.70. The summed E-state index contributed by atoms with van der Waals surface area (Å²) in [6.07, 6.45) is -0.471. The molecule has 1 aromatic carbocycles. The number of para-hydroxylation sites is 1. The van der Waals surface area contributed by atoms with E-state index in [0.717, 1.165) is 17.0 Å². The number of nitrogens with zero attached hydrogens (tertiary/aromatic N) is 1. The van der Waals surface area contributed by atoms with E-state index >= 15 is 0 Å². The minimum absolute atomic E-state index is 0.403. The van der Waals surface area contributed by atoms with Gasteiger partial charge in [-0.25, -0.2) is 4.79 Å². The van der Waals surface area contributed by atoms with Gasteiger partial charge in [0.1, 0.15) is 5.75 Å². The largest absolute Gasteiger partial charge is 0.412 e. The van der Waals surface area contributed by atoms with E-state index in [2.05, 4.69) is 15.5 Å². The third kappa shape index (κ3) is 2.88. The second-order valence-corrected chi connectivity index (χ2v) is 3.97. The second kappa shape index (κ2) is 5.35. The van der Waals surface area contributed by atoms with Crippen molar-refractivity contribution in [3.8, 4) is 5.75 Å². The van der Waals surface area contributed by atoms with E-state index in [9.17, 15) is 4.79 Å². The molecule has 1 heterocycles. The lowest BCUT2D eigenvalue weighted by molar-refractivity contribution is 0.200. The van der Waals surface area contributed by atoms with Crippen molar-refractivity contribution in [2.45, 2.75) is 20.4 Å². The van der Waals surface area contributed by atoms with Gasteiger partial charge in [-0.3, -0.25) is 5.10 Å². The number of nitrogens with one attached hydrogen (secondary N) is 2. The van der Waals surface area contributed by atoms with E-state index < -0.39 is 6.09 Å². The second-order valence-electron chi connectivity index (χ2n) is 3.97. The monoisotopic (exact) mass is 245 g/mol. The fraction of sp³-hybridized carbons (Fsp3) is 0.231. The molecule has 2 rings (SSSR count). The number of aromatic nitrogens is 2. The first kappa shape index (κ1) is 12.2. The summed E-state index contributed by atoms with van der Waals surface area (Å²) >= 11 is 0. The molecule has 0 aliphatic heterocycles. The summed E-state index contributed by atoms with van der Waals surface area (Å²) in [5.41, 5.74) is 2.82. The molecule has 94 valence electrons. The van der Waals surface area contributed by atoms with Crippen LogP contribution in [0.4, 0.5) is 4.79 Å². The molecule has 0 unspecified atom stereocenters. The smallest absolute Gasteiger partial charge is 0.410 e. The molecule has 0 saturated carbocycles. The number of carbonyl (C=O) groups excluding carboxylic acids is 1. The zero-order chi connectivity index (χ0) is 13.0. The van der Waals surface area contributed by atoms with Gasteiger partial charge in [0, 0.05) is 17.8 Å². The Balaban J connectivity index is 1.89. The number of aryl methyl sites for hydroxylation is 2. The standard InChI is InChI=1S/C13H15N3O2/c1-9-12(10(2)16-15-9)8-14-13(17)18-11-6-4-3-5-7-11/h3-7H,8H2,1-2H3,(H,14,17)(H,15,16). The van der Waals surface area contributed by atoms with Gasteiger partial charge < -0.3 is 10.1 Å². The lowest BCUT2D eigenvalue weighted by Crippen LogP contribution is -2.26. The van der Waals surface area contributed by atoms with Crippen LogP contribution in [-0.4, -0.2) is 16.3 Å². The Morgan fingerprint density at radius 1 is 1.33 bits per heavy atom. The first-order valence-corrected chi connectivity index (χ1v) is 5.68. The number of amides is 1. The molecule has 18 heavy (non-hydrogen) atoms. The average molecular weight is 245 g/mol. The van der Waals surface area contributed by atoms with Crippen LogP contribution in [0.3, 0.4) is 0 Å². The number of ether oxygens (including phenoxy) is 1. The Hall–Kier alpha value is -2.30. The number of hydrogen-bond acceptors (Lipinski definition) is 3. The number of benzene rings is 1. The van der Waals surface area contributed by atoms with E-state index in [-0.39, 0.29) is 0 Å². The zero-order valence-electron chi connectivity index (χ0n) is 10.4. The van der Waals surface area contributed by atoms with E-state index in [4.69, 9.17) is 4.74 Å². The maximum atomic E-state index is 11.6. The summed E-state index contributed by atoms with van der Waals surface area (Å²) in [6, 6.07) is 8.95. The fourth-order valence-electron chi connectivity index (χ4n) is 1.63. The predicted octanol–water partition coefficient (Wildman–Crippen LogP) is 2.32. The molecule has 1 aromatic heterocycles. The Morgan fingerprint density at radius 3 is 2.67 bits per heavy atom. The Morgan fingerprint density at radius 2 is 2.06 bits per heavy atom. The molecule has 0 aliphatic carbocycles. The topological polar surface area (TPSA) is 67.0 Å². The highest BCUT2D eigenvalue weighted by Gasteiger charge is 2.09. The van der Waals surface area contributed by atoms with Crippen molar-refractivity contribution in [3.63, 3.8) is 0 Å². The number of hydrogen-bond donors (Lipinski definition) is 2. The summed E-state index contributed by atoms with van der Waals surface area (Å²) in [5.74, 6) is 0.524. The van der Waals surface area contributed by atoms with Gasteiger partial charge in [0.15, 0.2) is 0 Å². The Labute approximate surface area is 105 Å². The van der Waals surface area contributed by atoms with Crippen LogP contribution in [0, 0.1) is 13.8 Å². The lowest BCUT2D eigenvalue weighted by Gasteiger charge is -2.06. The molecule has 0 fully saturated rings. The first-order valence-electron chi connectivity index (χ1n) is 5.68. The molecular weight excluding hydrogens is 230 g/mol. The van der Waals surface area contributed by atoms with Gasteiger partial charge in [-0.05, 0) is 26.0 Å². The SMILES string of the molecule is Cc1n[nH]c(C)c1CNC(=O)Oc1ccccc1. The molecule has 0 bridgehead atoms. The molecule has 5 nitrogen and oxygen atoms in total. The van der Waals surface area contributed by atoms with Gasteiger partial charge >= 0.3 is 6.09 Å². The summed E-state index contributed by atoms with van der Waals surface area (Å²) in [7, 11) is 0. The first-order chi connectivity index (χ1) is 8.66. The van der Waals surface area contributed by atoms with Crippen LogP contribution in [0.15, 0.2) is 30.3 Å². The minimum atomic E-state index is -0.471. The Bertz CT molecular complexity index is 515. The molecule has 0 aliphatic rings. The van der Waals surface area contributed by atoms with Crippen molar-refractivity contribution in [1.29, 1.82) is 0 Å². The fourth-order valence-corrected chi connectivity index (χ4v) is 1.63. The van der Waals surface area contributed by atoms with E-state index in [1.807, 2.05) is 32.0 Å². The average Bonchev–Trinajstić information content (AvgIpc) is 2.68. The summed E-state index contributed by atoms with van der Waals surface area (Å²) in [4.78, 5) is 11.6. The minimum Gasteiger partial charge on any atom is -0.410 e. The predicted molar refractivity (Wildman–Crippen MR) is 67.4 cm³/mol. The molecule has 0 spiro atoms. The van der Waals surface area contributed by atoms with Crippen molar-refractivity contribution >= 4 is 6.09 Å². The van der Waals surface area contributed by atoms with Gasteiger partial charge in [-0.2, -0.15) is 5.10 Å². The normalized spacial score (nSPS) is 10.1. The number of H-pyrrole nitrogens is 1. The van der Waals surface area contributed by atoms with Crippen molar-refractivity contribution in [1.82, 2.24) is 15.5 Å². The summed E-state index contributed by atoms with van der Waals surface area (Å²) in [6.45, 7) is 4.21. The Kier molecular flexibility index (Phi) is 3.62. The van der Waals surface area contributed by atoms with Crippen molar-refractivity contribution in [3.05, 3.63) is 47.3 Å². The van der Waals surface area contributed by atoms with Gasteiger partial charge in [-0.15, -0.1) is 0 Å². The molecule has 5 heteroatoms.